The number of rotatable bonds is 6. The topological polar surface area (TPSA) is 129 Å². The van der Waals surface area contributed by atoms with Gasteiger partial charge < -0.3 is 15.2 Å². The third-order valence-corrected chi connectivity index (χ3v) is 5.39. The molecule has 4 N–H and O–H groups in total. The molecule has 0 bridgehead atoms. The molecule has 8 nitrogen and oxygen atoms in total. The molecule has 0 aromatic heterocycles. The van der Waals surface area contributed by atoms with Crippen LogP contribution in [-0.4, -0.2) is 45.7 Å². The van der Waals surface area contributed by atoms with Crippen LogP contribution < -0.4 is 20.9 Å². The zero-order valence-corrected chi connectivity index (χ0v) is 16.5. The highest BCUT2D eigenvalue weighted by atomic mass is 32.2. The Bertz CT molecular complexity index is 849. The van der Waals surface area contributed by atoms with Gasteiger partial charge in [0.1, 0.15) is 22.2 Å². The molecule has 0 radical (unpaired) electrons. The first-order chi connectivity index (χ1) is 12.0. The highest BCUT2D eigenvalue weighted by Crippen LogP contribution is 2.38. The number of nitrogens with zero attached hydrogens (tertiary/aromatic N) is 2. The lowest BCUT2D eigenvalue weighted by atomic mass is 9.97. The van der Waals surface area contributed by atoms with E-state index in [-0.39, 0.29) is 22.4 Å². The molecule has 0 aliphatic carbocycles. The number of sulfone groups is 1. The van der Waals surface area contributed by atoms with Crippen LogP contribution in [0.5, 0.6) is 11.5 Å². The maximum atomic E-state index is 12.2. The van der Waals surface area contributed by atoms with Gasteiger partial charge in [-0.15, -0.1) is 0 Å². The molecule has 0 spiro atoms. The van der Waals surface area contributed by atoms with Gasteiger partial charge in [0.25, 0.3) is 0 Å². The molecule has 1 aromatic carbocycles. The third-order valence-electron chi connectivity index (χ3n) is 4.28. The molecule has 0 fully saturated rings. The number of methoxy groups -OCH3 is 1. The molecule has 2 rings (SSSR count). The lowest BCUT2D eigenvalue weighted by Crippen LogP contribution is -2.53. The summed E-state index contributed by atoms with van der Waals surface area (Å²) in [5, 5.41) is 0. The highest BCUT2D eigenvalue weighted by Gasteiger charge is 2.37. The molecule has 0 saturated carbocycles. The van der Waals surface area contributed by atoms with Crippen molar-refractivity contribution >= 4 is 21.9 Å². The highest BCUT2D eigenvalue weighted by molar-refractivity contribution is 7.90. The largest absolute Gasteiger partial charge is 0.495 e. The second-order valence-corrected chi connectivity index (χ2v) is 8.50. The first kappa shape index (κ1) is 20.2. The van der Waals surface area contributed by atoms with E-state index in [4.69, 9.17) is 20.9 Å². The van der Waals surface area contributed by atoms with Crippen LogP contribution in [0.25, 0.3) is 0 Å². The lowest BCUT2D eigenvalue weighted by Gasteiger charge is -2.33. The number of nitrogens with two attached hydrogens (primary N) is 2. The first-order valence-electron chi connectivity index (χ1n) is 8.28. The van der Waals surface area contributed by atoms with Crippen LogP contribution in [-0.2, 0) is 9.84 Å². The van der Waals surface area contributed by atoms with E-state index in [1.54, 1.807) is 6.07 Å². The molecule has 26 heavy (non-hydrogen) atoms. The van der Waals surface area contributed by atoms with E-state index in [0.717, 1.165) is 11.8 Å². The lowest BCUT2D eigenvalue weighted by molar-refractivity contribution is 0.202. The monoisotopic (exact) mass is 382 g/mol. The SMILES string of the molecule is CCC1(Oc2cc(S(C)(=O)=O)c(OC)cc2C(C)C)C=NC(N)N=C1N. The molecule has 1 heterocycles. The maximum Gasteiger partial charge on any atom is 0.200 e. The minimum absolute atomic E-state index is 0.0469. The van der Waals surface area contributed by atoms with E-state index < -0.39 is 21.7 Å². The van der Waals surface area contributed by atoms with Crippen LogP contribution in [0.4, 0.5) is 0 Å². The molecule has 0 saturated heterocycles. The summed E-state index contributed by atoms with van der Waals surface area (Å²) in [5.74, 6) is 0.925. The van der Waals surface area contributed by atoms with Gasteiger partial charge in [-0.25, -0.2) is 13.4 Å². The van der Waals surface area contributed by atoms with Crippen LogP contribution in [0.2, 0.25) is 0 Å². The molecule has 2 unspecified atom stereocenters. The van der Waals surface area contributed by atoms with Crippen molar-refractivity contribution in [3.05, 3.63) is 17.7 Å². The second-order valence-electron chi connectivity index (χ2n) is 6.52. The molecule has 1 aliphatic heterocycles. The summed E-state index contributed by atoms with van der Waals surface area (Å²) in [7, 11) is -2.09. The number of amidine groups is 1. The van der Waals surface area contributed by atoms with Crippen molar-refractivity contribution in [2.45, 2.75) is 49.9 Å². The van der Waals surface area contributed by atoms with Crippen LogP contribution >= 0.6 is 0 Å². The van der Waals surface area contributed by atoms with Crippen molar-refractivity contribution in [1.82, 2.24) is 0 Å². The van der Waals surface area contributed by atoms with E-state index in [9.17, 15) is 8.42 Å². The van der Waals surface area contributed by atoms with Gasteiger partial charge in [0.15, 0.2) is 21.7 Å². The van der Waals surface area contributed by atoms with Gasteiger partial charge in [0.2, 0.25) is 0 Å². The molecule has 1 aliphatic rings. The summed E-state index contributed by atoms with van der Waals surface area (Å²) in [6.07, 6.45) is 2.35. The van der Waals surface area contributed by atoms with Crippen molar-refractivity contribution in [1.29, 1.82) is 0 Å². The number of benzene rings is 1. The Morgan fingerprint density at radius 2 is 1.96 bits per heavy atom. The van der Waals surface area contributed by atoms with Crippen molar-refractivity contribution in [3.63, 3.8) is 0 Å². The Balaban J connectivity index is 2.64. The van der Waals surface area contributed by atoms with Gasteiger partial charge in [-0.05, 0) is 18.4 Å². The Morgan fingerprint density at radius 3 is 2.42 bits per heavy atom. The molecular weight excluding hydrogens is 356 g/mol. The molecule has 144 valence electrons. The summed E-state index contributed by atoms with van der Waals surface area (Å²) in [6, 6.07) is 3.15. The van der Waals surface area contributed by atoms with Gasteiger partial charge in [0, 0.05) is 17.9 Å². The Kier molecular flexibility index (Phi) is 5.62. The minimum Gasteiger partial charge on any atom is -0.495 e. The predicted octanol–water partition coefficient (Wildman–Crippen LogP) is 1.43. The van der Waals surface area contributed by atoms with Gasteiger partial charge >= 0.3 is 0 Å². The van der Waals surface area contributed by atoms with Crippen molar-refractivity contribution < 1.29 is 17.9 Å². The zero-order chi connectivity index (χ0) is 19.7. The second kappa shape index (κ2) is 7.24. The summed E-state index contributed by atoms with van der Waals surface area (Å²) >= 11 is 0. The van der Waals surface area contributed by atoms with Crippen molar-refractivity contribution in [2.75, 3.05) is 13.4 Å². The normalized spacial score (nSPS) is 23.0. The fourth-order valence-corrected chi connectivity index (χ4v) is 3.54. The molecule has 0 amide bonds. The van der Waals surface area contributed by atoms with Gasteiger partial charge in [-0.1, -0.05) is 20.8 Å². The fourth-order valence-electron chi connectivity index (χ4n) is 2.71. The van der Waals surface area contributed by atoms with E-state index in [0.29, 0.717) is 12.2 Å². The first-order valence-corrected chi connectivity index (χ1v) is 10.2. The van der Waals surface area contributed by atoms with E-state index >= 15 is 0 Å². The molecule has 9 heteroatoms. The van der Waals surface area contributed by atoms with E-state index in [1.807, 2.05) is 20.8 Å². The zero-order valence-electron chi connectivity index (χ0n) is 15.7. The van der Waals surface area contributed by atoms with Crippen LogP contribution in [0, 0.1) is 0 Å². The van der Waals surface area contributed by atoms with Crippen molar-refractivity contribution in [3.8, 4) is 11.5 Å². The quantitative estimate of drug-likeness (QED) is 0.765. The minimum atomic E-state index is -3.52. The third kappa shape index (κ3) is 3.83. The van der Waals surface area contributed by atoms with Crippen LogP contribution in [0.1, 0.15) is 38.7 Å². The summed E-state index contributed by atoms with van der Waals surface area (Å²) in [5.41, 5.74) is 11.5. The number of ether oxygens (including phenoxy) is 2. The summed E-state index contributed by atoms with van der Waals surface area (Å²) in [6.45, 7) is 5.83. The summed E-state index contributed by atoms with van der Waals surface area (Å²) in [4.78, 5) is 8.23. The number of hydrogen-bond donors (Lipinski definition) is 2. The summed E-state index contributed by atoms with van der Waals surface area (Å²) < 4.78 is 35.8. The van der Waals surface area contributed by atoms with Crippen LogP contribution in [0.3, 0.4) is 0 Å². The van der Waals surface area contributed by atoms with E-state index in [1.165, 1.54) is 19.4 Å². The van der Waals surface area contributed by atoms with Gasteiger partial charge in [0.05, 0.1) is 13.3 Å². The Labute approximate surface area is 154 Å². The Hall–Kier alpha value is -2.13. The predicted molar refractivity (Wildman–Crippen MR) is 102 cm³/mol. The average molecular weight is 382 g/mol. The van der Waals surface area contributed by atoms with Crippen molar-refractivity contribution in [2.24, 2.45) is 21.5 Å². The smallest absolute Gasteiger partial charge is 0.200 e. The average Bonchev–Trinajstić information content (AvgIpc) is 2.56. The number of aliphatic imine (C=N–C) groups is 2. The molecule has 1 aromatic rings. The maximum absolute atomic E-state index is 12.2. The standard InChI is InChI=1S/C17H26N4O4S/c1-6-17(9-20-16(19)21-15(17)18)25-12-8-14(26(5,22)23)13(24-4)7-11(12)10(2)3/h7-10,16H,6,19H2,1-5H3,(H2,18,21). The fraction of sp³-hybridized carbons (Fsp3) is 0.529. The van der Waals surface area contributed by atoms with E-state index in [2.05, 4.69) is 9.98 Å². The number of hydrogen-bond acceptors (Lipinski definition) is 8. The molecule has 2 atom stereocenters. The Morgan fingerprint density at radius 1 is 1.31 bits per heavy atom. The van der Waals surface area contributed by atoms with Gasteiger partial charge in [-0.2, -0.15) is 0 Å². The van der Waals surface area contributed by atoms with Crippen LogP contribution in [0.15, 0.2) is 27.0 Å². The van der Waals surface area contributed by atoms with Gasteiger partial charge in [-0.3, -0.25) is 10.7 Å². The molecular formula is C17H26N4O4S.